The van der Waals surface area contributed by atoms with Crippen molar-refractivity contribution >= 4 is 28.9 Å². The Kier molecular flexibility index (Phi) is 5.59. The average Bonchev–Trinajstić information content (AvgIpc) is 2.86. The maximum absolute atomic E-state index is 6.17. The van der Waals surface area contributed by atoms with Gasteiger partial charge in [-0.05, 0) is 24.7 Å². The second kappa shape index (κ2) is 7.43. The van der Waals surface area contributed by atoms with E-state index in [0.717, 1.165) is 12.2 Å². The Balaban J connectivity index is 1.88. The number of aryl methyl sites for hydroxylation is 1. The molecule has 1 N–H and O–H groups in total. The SMILES string of the molecule is CCn1cc(Cl)c(CN(C)C(=S)NCc2ccccc2)n1. The number of rotatable bonds is 5. The van der Waals surface area contributed by atoms with E-state index < -0.39 is 0 Å². The van der Waals surface area contributed by atoms with Gasteiger partial charge in [0.2, 0.25) is 0 Å². The van der Waals surface area contributed by atoms with Gasteiger partial charge < -0.3 is 10.2 Å². The third-order valence-corrected chi connectivity index (χ3v) is 3.90. The van der Waals surface area contributed by atoms with Gasteiger partial charge in [-0.2, -0.15) is 5.10 Å². The van der Waals surface area contributed by atoms with Crippen LogP contribution in [0.1, 0.15) is 18.2 Å². The van der Waals surface area contributed by atoms with Crippen molar-refractivity contribution in [3.05, 3.63) is 52.8 Å². The van der Waals surface area contributed by atoms with E-state index in [1.54, 1.807) is 0 Å². The summed E-state index contributed by atoms with van der Waals surface area (Å²) in [7, 11) is 1.93. The smallest absolute Gasteiger partial charge is 0.169 e. The van der Waals surface area contributed by atoms with Crippen LogP contribution in [0.2, 0.25) is 5.02 Å². The molecule has 0 amide bonds. The summed E-state index contributed by atoms with van der Waals surface area (Å²) in [6, 6.07) is 10.2. The van der Waals surface area contributed by atoms with Crippen molar-refractivity contribution in [3.63, 3.8) is 0 Å². The summed E-state index contributed by atoms with van der Waals surface area (Å²) in [5, 5.41) is 9.02. The Labute approximate surface area is 135 Å². The largest absolute Gasteiger partial charge is 0.358 e. The van der Waals surface area contributed by atoms with Gasteiger partial charge >= 0.3 is 0 Å². The quantitative estimate of drug-likeness (QED) is 0.858. The molecule has 0 spiro atoms. The zero-order chi connectivity index (χ0) is 15.2. The molecule has 0 aliphatic carbocycles. The summed E-state index contributed by atoms with van der Waals surface area (Å²) in [5.41, 5.74) is 2.03. The van der Waals surface area contributed by atoms with E-state index >= 15 is 0 Å². The van der Waals surface area contributed by atoms with Crippen LogP contribution >= 0.6 is 23.8 Å². The number of benzene rings is 1. The lowest BCUT2D eigenvalue weighted by atomic mass is 10.2. The molecule has 0 bridgehead atoms. The third kappa shape index (κ3) is 4.44. The van der Waals surface area contributed by atoms with Crippen LogP contribution < -0.4 is 5.32 Å². The van der Waals surface area contributed by atoms with Gasteiger partial charge in [-0.1, -0.05) is 41.9 Å². The van der Waals surface area contributed by atoms with Gasteiger partial charge in [-0.15, -0.1) is 0 Å². The van der Waals surface area contributed by atoms with Crippen molar-refractivity contribution in [2.24, 2.45) is 0 Å². The van der Waals surface area contributed by atoms with E-state index in [1.807, 2.05) is 47.9 Å². The summed E-state index contributed by atoms with van der Waals surface area (Å²) < 4.78 is 1.83. The number of nitrogens with zero attached hydrogens (tertiary/aromatic N) is 3. The van der Waals surface area contributed by atoms with Crippen molar-refractivity contribution in [3.8, 4) is 0 Å². The van der Waals surface area contributed by atoms with E-state index in [9.17, 15) is 0 Å². The van der Waals surface area contributed by atoms with Crippen molar-refractivity contribution in [1.29, 1.82) is 0 Å². The Hall–Kier alpha value is -1.59. The normalized spacial score (nSPS) is 10.4. The highest BCUT2D eigenvalue weighted by atomic mass is 35.5. The minimum atomic E-state index is 0.590. The summed E-state index contributed by atoms with van der Waals surface area (Å²) in [6.45, 7) is 4.14. The van der Waals surface area contributed by atoms with Gasteiger partial charge in [0.25, 0.3) is 0 Å². The van der Waals surface area contributed by atoms with Crippen LogP contribution in [0.3, 0.4) is 0 Å². The van der Waals surface area contributed by atoms with Gasteiger partial charge in [-0.25, -0.2) is 0 Å². The molecular formula is C15H19ClN4S. The van der Waals surface area contributed by atoms with E-state index in [-0.39, 0.29) is 0 Å². The maximum atomic E-state index is 6.17. The molecular weight excluding hydrogens is 304 g/mol. The first-order valence-electron chi connectivity index (χ1n) is 6.85. The predicted octanol–water partition coefficient (Wildman–Crippen LogP) is 3.06. The molecule has 21 heavy (non-hydrogen) atoms. The maximum Gasteiger partial charge on any atom is 0.169 e. The first kappa shape index (κ1) is 15.8. The Bertz CT molecular complexity index is 597. The molecule has 112 valence electrons. The lowest BCUT2D eigenvalue weighted by Gasteiger charge is -2.20. The van der Waals surface area contributed by atoms with Gasteiger partial charge in [0.15, 0.2) is 5.11 Å². The van der Waals surface area contributed by atoms with Gasteiger partial charge in [0.1, 0.15) is 5.69 Å². The van der Waals surface area contributed by atoms with Crippen LogP contribution in [0.5, 0.6) is 0 Å². The van der Waals surface area contributed by atoms with Crippen molar-refractivity contribution in [2.45, 2.75) is 26.6 Å². The number of halogens is 1. The van der Waals surface area contributed by atoms with E-state index in [0.29, 0.717) is 23.2 Å². The molecule has 1 heterocycles. The number of hydrogen-bond acceptors (Lipinski definition) is 2. The zero-order valence-corrected chi connectivity index (χ0v) is 13.8. The standard InChI is InChI=1S/C15H19ClN4S/c1-3-20-10-13(16)14(18-20)11-19(2)15(21)17-9-12-7-5-4-6-8-12/h4-8,10H,3,9,11H2,1-2H3,(H,17,21). The second-order valence-corrected chi connectivity index (χ2v) is 5.57. The first-order valence-corrected chi connectivity index (χ1v) is 7.63. The average molecular weight is 323 g/mol. The molecule has 4 nitrogen and oxygen atoms in total. The fraction of sp³-hybridized carbons (Fsp3) is 0.333. The lowest BCUT2D eigenvalue weighted by Crippen LogP contribution is -2.36. The molecule has 0 fully saturated rings. The van der Waals surface area contributed by atoms with Crippen LogP contribution in [-0.4, -0.2) is 26.8 Å². The zero-order valence-electron chi connectivity index (χ0n) is 12.2. The molecule has 0 aliphatic heterocycles. The number of hydrogen-bond donors (Lipinski definition) is 1. The van der Waals surface area contributed by atoms with Gasteiger partial charge in [0, 0.05) is 26.3 Å². The predicted molar refractivity (Wildman–Crippen MR) is 90.3 cm³/mol. The molecule has 0 saturated carbocycles. The number of nitrogens with one attached hydrogen (secondary N) is 1. The second-order valence-electron chi connectivity index (χ2n) is 4.78. The number of aromatic nitrogens is 2. The Morgan fingerprint density at radius 3 is 2.71 bits per heavy atom. The van der Waals surface area contributed by atoms with Crippen LogP contribution in [0, 0.1) is 0 Å². The van der Waals surface area contributed by atoms with Crippen LogP contribution in [0.15, 0.2) is 36.5 Å². The Morgan fingerprint density at radius 2 is 2.10 bits per heavy atom. The van der Waals surface area contributed by atoms with E-state index in [1.165, 1.54) is 5.56 Å². The molecule has 0 unspecified atom stereocenters. The fourth-order valence-electron chi connectivity index (χ4n) is 1.91. The molecule has 0 atom stereocenters. The molecule has 1 aromatic heterocycles. The van der Waals surface area contributed by atoms with Crippen LogP contribution in [0.25, 0.3) is 0 Å². The molecule has 0 saturated heterocycles. The minimum Gasteiger partial charge on any atom is -0.358 e. The lowest BCUT2D eigenvalue weighted by molar-refractivity contribution is 0.475. The van der Waals surface area contributed by atoms with Crippen molar-refractivity contribution in [2.75, 3.05) is 7.05 Å². The van der Waals surface area contributed by atoms with Crippen LogP contribution in [0.4, 0.5) is 0 Å². The third-order valence-electron chi connectivity index (χ3n) is 3.13. The summed E-state index contributed by atoms with van der Waals surface area (Å²) in [4.78, 5) is 1.94. The Morgan fingerprint density at radius 1 is 1.38 bits per heavy atom. The van der Waals surface area contributed by atoms with Crippen molar-refractivity contribution in [1.82, 2.24) is 20.0 Å². The molecule has 2 rings (SSSR count). The highest BCUT2D eigenvalue weighted by Gasteiger charge is 2.11. The summed E-state index contributed by atoms with van der Waals surface area (Å²) in [5.74, 6) is 0. The summed E-state index contributed by atoms with van der Waals surface area (Å²) in [6.07, 6.45) is 1.84. The first-order chi connectivity index (χ1) is 10.1. The number of thiocarbonyl (C=S) groups is 1. The fourth-order valence-corrected chi connectivity index (χ4v) is 2.26. The monoisotopic (exact) mass is 322 g/mol. The molecule has 2 aromatic rings. The van der Waals surface area contributed by atoms with E-state index in [2.05, 4.69) is 22.5 Å². The van der Waals surface area contributed by atoms with E-state index in [4.69, 9.17) is 23.8 Å². The highest BCUT2D eigenvalue weighted by Crippen LogP contribution is 2.15. The molecule has 1 aromatic carbocycles. The topological polar surface area (TPSA) is 33.1 Å². The minimum absolute atomic E-state index is 0.590. The molecule has 0 aliphatic rings. The molecule has 0 radical (unpaired) electrons. The van der Waals surface area contributed by atoms with Gasteiger partial charge in [-0.3, -0.25) is 4.68 Å². The highest BCUT2D eigenvalue weighted by molar-refractivity contribution is 7.80. The summed E-state index contributed by atoms with van der Waals surface area (Å²) >= 11 is 11.6. The molecule has 6 heteroatoms. The van der Waals surface area contributed by atoms with Gasteiger partial charge in [0.05, 0.1) is 11.6 Å². The van der Waals surface area contributed by atoms with Crippen molar-refractivity contribution < 1.29 is 0 Å². The van der Waals surface area contributed by atoms with Crippen LogP contribution in [-0.2, 0) is 19.6 Å².